The fraction of sp³-hybridized carbons (Fsp3) is 0.524. The number of furan rings is 1. The normalized spacial score (nSPS) is 20.6. The molecule has 0 aromatic carbocycles. The maximum atomic E-state index is 5.74. The summed E-state index contributed by atoms with van der Waals surface area (Å²) in [5, 5.41) is 3.53. The Morgan fingerprint density at radius 2 is 2.11 bits per heavy atom. The summed E-state index contributed by atoms with van der Waals surface area (Å²) in [7, 11) is 0. The predicted octanol–water partition coefficient (Wildman–Crippen LogP) is 2.16. The summed E-state index contributed by atoms with van der Waals surface area (Å²) in [6.07, 6.45) is 6.93. The Balaban J connectivity index is 1.34. The average Bonchev–Trinajstić information content (AvgIpc) is 3.46. The maximum Gasteiger partial charge on any atom is 0.194 e. The summed E-state index contributed by atoms with van der Waals surface area (Å²) in [6.45, 7) is 6.13. The second-order valence-corrected chi connectivity index (χ2v) is 7.22. The SMILES string of the molecule is c1ccc(N2CCN(C(=NCC3CCCO3)NCCc3ccco3)CC2)nc1. The minimum Gasteiger partial charge on any atom is -0.469 e. The van der Waals surface area contributed by atoms with E-state index in [2.05, 4.69) is 26.2 Å². The first-order valence-electron chi connectivity index (χ1n) is 10.2. The molecule has 2 saturated heterocycles. The Kier molecular flexibility index (Phi) is 6.44. The zero-order valence-corrected chi connectivity index (χ0v) is 16.3. The van der Waals surface area contributed by atoms with Crippen LogP contribution in [0.1, 0.15) is 18.6 Å². The Morgan fingerprint density at radius 1 is 1.18 bits per heavy atom. The topological polar surface area (TPSA) is 66.1 Å². The van der Waals surface area contributed by atoms with Crippen molar-refractivity contribution >= 4 is 11.8 Å². The summed E-state index contributed by atoms with van der Waals surface area (Å²) in [6, 6.07) is 10.0. The van der Waals surface area contributed by atoms with E-state index in [1.165, 1.54) is 0 Å². The fourth-order valence-electron chi connectivity index (χ4n) is 3.68. The molecule has 1 N–H and O–H groups in total. The molecule has 2 aromatic rings. The van der Waals surface area contributed by atoms with Crippen LogP contribution < -0.4 is 10.2 Å². The van der Waals surface area contributed by atoms with Crippen molar-refractivity contribution < 1.29 is 9.15 Å². The van der Waals surface area contributed by atoms with Crippen molar-refractivity contribution in [3.05, 3.63) is 48.6 Å². The lowest BCUT2D eigenvalue weighted by molar-refractivity contribution is 0.117. The second-order valence-electron chi connectivity index (χ2n) is 7.22. The molecule has 7 heteroatoms. The second kappa shape index (κ2) is 9.59. The number of piperazine rings is 1. The molecule has 4 rings (SSSR count). The Morgan fingerprint density at radius 3 is 2.82 bits per heavy atom. The van der Waals surface area contributed by atoms with Crippen molar-refractivity contribution in [1.82, 2.24) is 15.2 Å². The first-order chi connectivity index (χ1) is 13.9. The summed E-state index contributed by atoms with van der Waals surface area (Å²) >= 11 is 0. The van der Waals surface area contributed by atoms with Crippen molar-refractivity contribution in [2.45, 2.75) is 25.4 Å². The molecule has 150 valence electrons. The Hall–Kier alpha value is -2.54. The van der Waals surface area contributed by atoms with E-state index in [9.17, 15) is 0 Å². The van der Waals surface area contributed by atoms with Crippen molar-refractivity contribution in [3.8, 4) is 0 Å². The molecule has 1 unspecified atom stereocenters. The van der Waals surface area contributed by atoms with E-state index in [-0.39, 0.29) is 6.10 Å². The van der Waals surface area contributed by atoms with E-state index in [0.29, 0.717) is 0 Å². The smallest absolute Gasteiger partial charge is 0.194 e. The van der Waals surface area contributed by atoms with Crippen molar-refractivity contribution in [2.75, 3.05) is 50.8 Å². The molecule has 2 aliphatic heterocycles. The predicted molar refractivity (Wildman–Crippen MR) is 110 cm³/mol. The standard InChI is InChI=1S/C21H29N5O2/c1-2-9-22-20(7-1)25-11-13-26(14-12-25)21(24-17-19-6-4-16-28-19)23-10-8-18-5-3-15-27-18/h1-3,5,7,9,15,19H,4,6,8,10-14,16-17H2,(H,23,24). The molecule has 2 aliphatic rings. The molecule has 2 fully saturated rings. The van der Waals surface area contributed by atoms with Crippen LogP contribution in [-0.4, -0.2) is 67.8 Å². The number of nitrogens with zero attached hydrogens (tertiary/aromatic N) is 4. The van der Waals surface area contributed by atoms with E-state index in [0.717, 1.165) is 82.7 Å². The van der Waals surface area contributed by atoms with Gasteiger partial charge >= 0.3 is 0 Å². The Labute approximate surface area is 166 Å². The van der Waals surface area contributed by atoms with Gasteiger partial charge in [-0.1, -0.05) is 6.07 Å². The zero-order chi connectivity index (χ0) is 19.0. The van der Waals surface area contributed by atoms with Crippen molar-refractivity contribution in [3.63, 3.8) is 0 Å². The van der Waals surface area contributed by atoms with Gasteiger partial charge in [-0.2, -0.15) is 0 Å². The molecule has 28 heavy (non-hydrogen) atoms. The highest BCUT2D eigenvalue weighted by Crippen LogP contribution is 2.14. The number of rotatable bonds is 6. The monoisotopic (exact) mass is 383 g/mol. The summed E-state index contributed by atoms with van der Waals surface area (Å²) in [5.74, 6) is 3.01. The van der Waals surface area contributed by atoms with Crippen molar-refractivity contribution in [2.24, 2.45) is 4.99 Å². The van der Waals surface area contributed by atoms with Crippen LogP contribution in [0.5, 0.6) is 0 Å². The van der Waals surface area contributed by atoms with Crippen LogP contribution in [0.3, 0.4) is 0 Å². The molecule has 0 spiro atoms. The average molecular weight is 383 g/mol. The first-order valence-corrected chi connectivity index (χ1v) is 10.2. The quantitative estimate of drug-likeness (QED) is 0.609. The van der Waals surface area contributed by atoms with Gasteiger partial charge in [0.25, 0.3) is 0 Å². The molecular weight excluding hydrogens is 354 g/mol. The lowest BCUT2D eigenvalue weighted by Gasteiger charge is -2.37. The first kappa shape index (κ1) is 18.8. The van der Waals surface area contributed by atoms with E-state index in [1.54, 1.807) is 6.26 Å². The molecule has 0 radical (unpaired) electrons. The summed E-state index contributed by atoms with van der Waals surface area (Å²) < 4.78 is 11.2. The van der Waals surface area contributed by atoms with Gasteiger partial charge in [0.15, 0.2) is 5.96 Å². The van der Waals surface area contributed by atoms with Crippen LogP contribution in [0, 0.1) is 0 Å². The number of aliphatic imine (C=N–C) groups is 1. The maximum absolute atomic E-state index is 5.74. The van der Waals surface area contributed by atoms with Crippen LogP contribution in [0.2, 0.25) is 0 Å². The molecule has 1 atom stereocenters. The molecule has 0 saturated carbocycles. The number of guanidine groups is 1. The van der Waals surface area contributed by atoms with Crippen LogP contribution >= 0.6 is 0 Å². The minimum absolute atomic E-state index is 0.261. The van der Waals surface area contributed by atoms with Gasteiger partial charge in [0.2, 0.25) is 0 Å². The van der Waals surface area contributed by atoms with Gasteiger partial charge in [-0.25, -0.2) is 4.98 Å². The lowest BCUT2D eigenvalue weighted by Crippen LogP contribution is -2.53. The summed E-state index contributed by atoms with van der Waals surface area (Å²) in [5.41, 5.74) is 0. The third-order valence-electron chi connectivity index (χ3n) is 5.26. The van der Waals surface area contributed by atoms with Gasteiger partial charge in [-0.15, -0.1) is 0 Å². The number of hydrogen-bond donors (Lipinski definition) is 1. The number of nitrogens with one attached hydrogen (secondary N) is 1. The van der Waals surface area contributed by atoms with Gasteiger partial charge in [-0.05, 0) is 37.1 Å². The van der Waals surface area contributed by atoms with Crippen LogP contribution in [0.25, 0.3) is 0 Å². The van der Waals surface area contributed by atoms with E-state index >= 15 is 0 Å². The number of hydrogen-bond acceptors (Lipinski definition) is 5. The van der Waals surface area contributed by atoms with Gasteiger partial charge < -0.3 is 24.3 Å². The number of aromatic nitrogens is 1. The minimum atomic E-state index is 0.261. The highest BCUT2D eigenvalue weighted by atomic mass is 16.5. The van der Waals surface area contributed by atoms with E-state index in [4.69, 9.17) is 14.1 Å². The molecule has 0 aliphatic carbocycles. The van der Waals surface area contributed by atoms with E-state index in [1.807, 2.05) is 30.5 Å². The van der Waals surface area contributed by atoms with Crippen LogP contribution in [0.4, 0.5) is 5.82 Å². The largest absolute Gasteiger partial charge is 0.469 e. The number of ether oxygens (including phenoxy) is 1. The van der Waals surface area contributed by atoms with Gasteiger partial charge in [0.1, 0.15) is 11.6 Å². The number of pyridine rings is 1. The van der Waals surface area contributed by atoms with Gasteiger partial charge in [0, 0.05) is 51.9 Å². The van der Waals surface area contributed by atoms with Crippen LogP contribution in [-0.2, 0) is 11.2 Å². The Bertz CT molecular complexity index is 721. The fourth-order valence-corrected chi connectivity index (χ4v) is 3.68. The van der Waals surface area contributed by atoms with E-state index < -0.39 is 0 Å². The number of anilines is 1. The molecule has 0 bridgehead atoms. The molecule has 7 nitrogen and oxygen atoms in total. The third kappa shape index (κ3) is 5.04. The van der Waals surface area contributed by atoms with Crippen LogP contribution in [0.15, 0.2) is 52.2 Å². The van der Waals surface area contributed by atoms with Crippen molar-refractivity contribution in [1.29, 1.82) is 0 Å². The molecule has 4 heterocycles. The molecular formula is C21H29N5O2. The third-order valence-corrected chi connectivity index (χ3v) is 5.26. The molecule has 0 amide bonds. The van der Waals surface area contributed by atoms with Gasteiger partial charge in [-0.3, -0.25) is 4.99 Å². The lowest BCUT2D eigenvalue weighted by atomic mass is 10.2. The van der Waals surface area contributed by atoms with Gasteiger partial charge in [0.05, 0.1) is 18.9 Å². The highest BCUT2D eigenvalue weighted by molar-refractivity contribution is 5.80. The molecule has 2 aromatic heterocycles. The summed E-state index contributed by atoms with van der Waals surface area (Å²) in [4.78, 5) is 14.0. The zero-order valence-electron chi connectivity index (χ0n) is 16.3. The highest BCUT2D eigenvalue weighted by Gasteiger charge is 2.22.